The van der Waals surface area contributed by atoms with Crippen LogP contribution in [0, 0.1) is 5.82 Å². The molecule has 5 nitrogen and oxygen atoms in total. The highest BCUT2D eigenvalue weighted by atomic mass is 35.5. The van der Waals surface area contributed by atoms with Crippen molar-refractivity contribution in [2.45, 2.75) is 69.7 Å². The van der Waals surface area contributed by atoms with Crippen LogP contribution in [0.4, 0.5) is 4.39 Å². The molecule has 256 valence electrons. The molecule has 0 saturated carbocycles. The predicted octanol–water partition coefficient (Wildman–Crippen LogP) is 8.65. The molecule has 1 aliphatic heterocycles. The average Bonchev–Trinajstić information content (AvgIpc) is 3.10. The Kier molecular flexibility index (Phi) is 13.1. The topological polar surface area (TPSA) is 50.8 Å². The van der Waals surface area contributed by atoms with E-state index in [2.05, 4.69) is 96.9 Å². The first-order valence-corrected chi connectivity index (χ1v) is 16.9. The van der Waals surface area contributed by atoms with Gasteiger partial charge in [0.15, 0.2) is 11.5 Å². The molecule has 0 unspecified atom stereocenters. The van der Waals surface area contributed by atoms with Gasteiger partial charge in [0.25, 0.3) is 0 Å². The zero-order valence-corrected chi connectivity index (χ0v) is 29.6. The van der Waals surface area contributed by atoms with E-state index in [0.717, 1.165) is 62.3 Å². The van der Waals surface area contributed by atoms with Gasteiger partial charge in [-0.05, 0) is 111 Å². The van der Waals surface area contributed by atoms with Gasteiger partial charge in [0.1, 0.15) is 5.82 Å². The van der Waals surface area contributed by atoms with Crippen molar-refractivity contribution in [1.82, 2.24) is 10.2 Å². The lowest BCUT2D eigenvalue weighted by Gasteiger charge is -2.45. The molecule has 1 amide bonds. The minimum absolute atomic E-state index is 0. The summed E-state index contributed by atoms with van der Waals surface area (Å²) in [5, 5.41) is 3.14. The molecule has 0 atom stereocenters. The van der Waals surface area contributed by atoms with Crippen LogP contribution in [0.1, 0.15) is 73.8 Å². The standard InChI is InChI=1S/C41H49FN2O3.ClH/c1-40(2)36-30-38(47-4)37(46-3)29-32(36)23-28-44(40)27-12-25-41(33-13-7-5-8-14-33,34-15-9-6-10-16-34)24-11-26-43-39(45)22-19-31-17-20-35(42)21-18-31;/h5-10,13-18,20-21,29-30H,11-12,19,22-28H2,1-4H3,(H,43,45);1H. The van der Waals surface area contributed by atoms with E-state index in [1.165, 1.54) is 34.4 Å². The Balaban J connectivity index is 0.00000520. The number of halogens is 2. The number of carbonyl (C=O) groups is 1. The molecule has 7 heteroatoms. The molecule has 1 N–H and O–H groups in total. The molecule has 0 radical (unpaired) electrons. The summed E-state index contributed by atoms with van der Waals surface area (Å²) in [5.74, 6) is 1.33. The molecule has 0 aliphatic carbocycles. The second kappa shape index (κ2) is 17.0. The van der Waals surface area contributed by atoms with Gasteiger partial charge < -0.3 is 14.8 Å². The third-order valence-electron chi connectivity index (χ3n) is 10.1. The maximum absolute atomic E-state index is 13.3. The van der Waals surface area contributed by atoms with Crippen LogP contribution in [0.3, 0.4) is 0 Å². The minimum atomic E-state index is -0.259. The molecule has 0 aromatic heterocycles. The van der Waals surface area contributed by atoms with Crippen molar-refractivity contribution in [3.05, 3.63) is 131 Å². The third-order valence-corrected chi connectivity index (χ3v) is 10.1. The van der Waals surface area contributed by atoms with Crippen LogP contribution in [0.15, 0.2) is 97.1 Å². The zero-order chi connectivity index (χ0) is 33.3. The fourth-order valence-corrected chi connectivity index (χ4v) is 7.36. The van der Waals surface area contributed by atoms with Crippen LogP contribution in [-0.2, 0) is 28.6 Å². The number of amides is 1. The number of nitrogens with zero attached hydrogens (tertiary/aromatic N) is 1. The molecule has 48 heavy (non-hydrogen) atoms. The van der Waals surface area contributed by atoms with Crippen LogP contribution in [0.5, 0.6) is 11.5 Å². The summed E-state index contributed by atoms with van der Waals surface area (Å²) >= 11 is 0. The fourth-order valence-electron chi connectivity index (χ4n) is 7.36. The van der Waals surface area contributed by atoms with Gasteiger partial charge in [-0.15, -0.1) is 12.4 Å². The molecule has 1 heterocycles. The van der Waals surface area contributed by atoms with E-state index in [9.17, 15) is 9.18 Å². The molecule has 4 aromatic rings. The lowest BCUT2D eigenvalue weighted by Crippen LogP contribution is -2.47. The Morgan fingerprint density at radius 3 is 2.04 bits per heavy atom. The van der Waals surface area contributed by atoms with Gasteiger partial charge >= 0.3 is 0 Å². The number of hydrogen-bond acceptors (Lipinski definition) is 4. The molecular weight excluding hydrogens is 623 g/mol. The molecule has 0 spiro atoms. The van der Waals surface area contributed by atoms with Crippen molar-refractivity contribution >= 4 is 18.3 Å². The Morgan fingerprint density at radius 1 is 0.854 bits per heavy atom. The van der Waals surface area contributed by atoms with Crippen LogP contribution in [-0.4, -0.2) is 44.7 Å². The Hall–Kier alpha value is -3.87. The van der Waals surface area contributed by atoms with Gasteiger partial charge in [-0.2, -0.15) is 0 Å². The van der Waals surface area contributed by atoms with Gasteiger partial charge in [-0.1, -0.05) is 72.8 Å². The molecule has 5 rings (SSSR count). The fraction of sp³-hybridized carbons (Fsp3) is 0.390. The molecule has 0 fully saturated rings. The number of benzene rings is 4. The number of aryl methyl sites for hydroxylation is 1. The highest BCUT2D eigenvalue weighted by Crippen LogP contribution is 2.43. The van der Waals surface area contributed by atoms with E-state index in [1.54, 1.807) is 26.4 Å². The number of rotatable bonds is 15. The van der Waals surface area contributed by atoms with Crippen LogP contribution in [0.2, 0.25) is 0 Å². The quantitative estimate of drug-likeness (QED) is 0.129. The Labute approximate surface area is 292 Å². The first kappa shape index (κ1) is 37.0. The van der Waals surface area contributed by atoms with Gasteiger partial charge in [0.2, 0.25) is 5.91 Å². The van der Waals surface area contributed by atoms with E-state index >= 15 is 0 Å². The van der Waals surface area contributed by atoms with Crippen molar-refractivity contribution in [3.8, 4) is 11.5 Å². The summed E-state index contributed by atoms with van der Waals surface area (Å²) in [6, 6.07) is 32.4. The van der Waals surface area contributed by atoms with E-state index < -0.39 is 0 Å². The molecule has 1 aliphatic rings. The normalized spacial score (nSPS) is 14.0. The minimum Gasteiger partial charge on any atom is -0.493 e. The monoisotopic (exact) mass is 672 g/mol. The highest BCUT2D eigenvalue weighted by molar-refractivity contribution is 5.85. The largest absolute Gasteiger partial charge is 0.493 e. The maximum Gasteiger partial charge on any atom is 0.220 e. The van der Waals surface area contributed by atoms with Crippen molar-refractivity contribution in [1.29, 1.82) is 0 Å². The summed E-state index contributed by atoms with van der Waals surface area (Å²) in [5.41, 5.74) is 5.89. The number of ether oxygens (including phenoxy) is 2. The van der Waals surface area contributed by atoms with Crippen molar-refractivity contribution < 1.29 is 18.7 Å². The molecule has 0 bridgehead atoms. The maximum atomic E-state index is 13.3. The third kappa shape index (κ3) is 8.58. The summed E-state index contributed by atoms with van der Waals surface area (Å²) in [6.07, 6.45) is 5.76. The smallest absolute Gasteiger partial charge is 0.220 e. The SMILES string of the molecule is COc1cc2c(cc1OC)C(C)(C)N(CCCC(CCCNC(=O)CCc1ccc(F)cc1)(c1ccccc1)c1ccccc1)CC2.Cl. The van der Waals surface area contributed by atoms with Crippen molar-refractivity contribution in [2.24, 2.45) is 0 Å². The number of fused-ring (bicyclic) bond motifs is 1. The van der Waals surface area contributed by atoms with Gasteiger partial charge in [0, 0.05) is 30.5 Å². The van der Waals surface area contributed by atoms with E-state index in [1.807, 2.05) is 0 Å². The summed E-state index contributed by atoms with van der Waals surface area (Å²) in [4.78, 5) is 15.3. The summed E-state index contributed by atoms with van der Waals surface area (Å²) in [6.45, 7) is 7.21. The lowest BCUT2D eigenvalue weighted by molar-refractivity contribution is -0.121. The number of methoxy groups -OCH3 is 2. The average molecular weight is 673 g/mol. The van der Waals surface area contributed by atoms with Crippen LogP contribution in [0.25, 0.3) is 0 Å². The zero-order valence-electron chi connectivity index (χ0n) is 28.8. The van der Waals surface area contributed by atoms with Crippen LogP contribution < -0.4 is 14.8 Å². The first-order valence-electron chi connectivity index (χ1n) is 16.9. The van der Waals surface area contributed by atoms with Crippen molar-refractivity contribution in [3.63, 3.8) is 0 Å². The Morgan fingerprint density at radius 2 is 1.44 bits per heavy atom. The van der Waals surface area contributed by atoms with E-state index in [0.29, 0.717) is 19.4 Å². The summed E-state index contributed by atoms with van der Waals surface area (Å²) < 4.78 is 24.5. The highest BCUT2D eigenvalue weighted by Gasteiger charge is 2.37. The van der Waals surface area contributed by atoms with Gasteiger partial charge in [0.05, 0.1) is 14.2 Å². The second-order valence-corrected chi connectivity index (χ2v) is 13.2. The second-order valence-electron chi connectivity index (χ2n) is 13.2. The number of hydrogen-bond donors (Lipinski definition) is 1. The van der Waals surface area contributed by atoms with E-state index in [-0.39, 0.29) is 35.1 Å². The molecule has 4 aromatic carbocycles. The molecular formula is C41H50ClFN2O3. The van der Waals surface area contributed by atoms with Crippen LogP contribution >= 0.6 is 12.4 Å². The number of nitrogens with one attached hydrogen (secondary N) is 1. The Bertz CT molecular complexity index is 1560. The molecule has 0 saturated heterocycles. The first-order chi connectivity index (χ1) is 22.8. The summed E-state index contributed by atoms with van der Waals surface area (Å²) in [7, 11) is 3.39. The van der Waals surface area contributed by atoms with E-state index in [4.69, 9.17) is 9.47 Å². The predicted molar refractivity (Wildman–Crippen MR) is 195 cm³/mol. The van der Waals surface area contributed by atoms with Crippen molar-refractivity contribution in [2.75, 3.05) is 33.9 Å². The van der Waals surface area contributed by atoms with Gasteiger partial charge in [-0.25, -0.2) is 4.39 Å². The van der Waals surface area contributed by atoms with Gasteiger partial charge in [-0.3, -0.25) is 9.69 Å². The number of carbonyl (C=O) groups excluding carboxylic acids is 1. The lowest BCUT2D eigenvalue weighted by atomic mass is 9.68.